The van der Waals surface area contributed by atoms with Crippen molar-refractivity contribution in [3.8, 4) is 34.8 Å². The van der Waals surface area contributed by atoms with Crippen molar-refractivity contribution < 1.29 is 50.1 Å². The zero-order valence-electron chi connectivity index (χ0n) is 53.1. The van der Waals surface area contributed by atoms with Gasteiger partial charge in [0, 0.05) is 86.2 Å². The molecule has 1 fully saturated rings. The van der Waals surface area contributed by atoms with Gasteiger partial charge in [0.25, 0.3) is 0 Å². The Morgan fingerprint density at radius 3 is 2.38 bits per heavy atom. The number of benzene rings is 5. The molecule has 1 aromatic heterocycles. The number of ketones is 2. The third-order valence-corrected chi connectivity index (χ3v) is 20.7. The van der Waals surface area contributed by atoms with Crippen LogP contribution >= 0.6 is 0 Å². The molecule has 14 atom stereocenters. The fraction of sp³-hybridized carbons (Fsp3) is 0.455. The highest BCUT2D eigenvalue weighted by Gasteiger charge is 2.45. The molecule has 5 aromatic carbocycles. The number of carbonyl (C=O) groups excluding carboxylic acids is 2. The van der Waals surface area contributed by atoms with Gasteiger partial charge in [0.05, 0.1) is 25.2 Å². The smallest absolute Gasteiger partial charge is 0.173 e. The molecular formula is C77H92N4O10. The number of aliphatic hydroxyl groups excluding tert-OH is 4. The Kier molecular flexibility index (Phi) is 20.9. The van der Waals surface area contributed by atoms with Crippen LogP contribution in [0.4, 0.5) is 5.69 Å². The van der Waals surface area contributed by atoms with Gasteiger partial charge in [0.1, 0.15) is 17.3 Å². The number of aromatic amines is 1. The maximum absolute atomic E-state index is 15.6. The number of H-pyrrole nitrogens is 1. The molecule has 0 saturated heterocycles. The zero-order valence-corrected chi connectivity index (χ0v) is 53.1. The van der Waals surface area contributed by atoms with Gasteiger partial charge in [-0.3, -0.25) is 9.59 Å². The summed E-state index contributed by atoms with van der Waals surface area (Å²) in [6.07, 6.45) is 13.5. The fourth-order valence-corrected chi connectivity index (χ4v) is 15.8. The second-order valence-electron chi connectivity index (χ2n) is 26.9. The van der Waals surface area contributed by atoms with Crippen molar-refractivity contribution >= 4 is 28.0 Å². The number of fused-ring (bicyclic) bond motifs is 9. The lowest BCUT2D eigenvalue weighted by atomic mass is 9.71. The maximum atomic E-state index is 15.6. The van der Waals surface area contributed by atoms with Gasteiger partial charge < -0.3 is 61.4 Å². The number of nitrogens with one attached hydrogen (secondary N) is 4. The molecule has 1 saturated carbocycles. The highest BCUT2D eigenvalue weighted by molar-refractivity contribution is 6.06. The first-order chi connectivity index (χ1) is 44.0. The predicted octanol–water partition coefficient (Wildman–Crippen LogP) is 11.6. The number of ether oxygens (including phenoxy) is 1. The molecule has 2 aliphatic heterocycles. The summed E-state index contributed by atoms with van der Waals surface area (Å²) in [5, 5.41) is 92.9. The molecular weight excluding hydrogens is 1140 g/mol. The topological polar surface area (TPSA) is 237 Å². The number of hydrogen-bond acceptors (Lipinski definition) is 13. The highest BCUT2D eigenvalue weighted by Crippen LogP contribution is 2.49. The van der Waals surface area contributed by atoms with Crippen LogP contribution in [-0.4, -0.2) is 104 Å². The van der Waals surface area contributed by atoms with E-state index in [1.54, 1.807) is 18.2 Å². The standard InChI is InChI=1S/C77H92N4O10/c1-5-10-64-56-33-55(62(15-9-28-82)53-26-27-79-74(38-53)81-58-23-20-48-16-19-54(75(88)69(48)39-58)35-61(84)44-78-42-46(3)57-34-59(80-43-57)40-71(64)86)32-51-21-24-66(67-41-72(87)73(91-4)37-52(67)22-25-70(85)77(90)76(89)68(51)36-56)65-14-7-6-13-63(65)50-18-17-49(45(2)29-50)30-47-11-8-12-60(83)31-47/h6-8,11-14,16-20,23,26,31,34,37-39,41,43,45-46,49-51,55-56,61-62,64,66,68,71,77-84,86-88,90H,5,9-10,15,22,25,27-30,32-33,35-36,40,42,44H2,1-4H3/t45-,46-,49+,50-,51-,55+,56-,61+,62-,64+,66+,68-,71-,77+/m1/s1. The van der Waals surface area contributed by atoms with Crippen LogP contribution in [0.1, 0.15) is 141 Å². The second-order valence-corrected chi connectivity index (χ2v) is 26.9. The molecule has 480 valence electrons. The molecule has 0 spiro atoms. The van der Waals surface area contributed by atoms with Gasteiger partial charge in [-0.25, -0.2) is 0 Å². The third kappa shape index (κ3) is 15.0. The summed E-state index contributed by atoms with van der Waals surface area (Å²) in [4.78, 5) is 33.7. The first-order valence-corrected chi connectivity index (χ1v) is 33.3. The van der Waals surface area contributed by atoms with E-state index in [1.807, 2.05) is 54.7 Å². The minimum atomic E-state index is -1.92. The molecule has 3 heterocycles. The van der Waals surface area contributed by atoms with Crippen molar-refractivity contribution in [2.45, 2.75) is 140 Å². The van der Waals surface area contributed by atoms with Crippen molar-refractivity contribution in [1.82, 2.24) is 15.6 Å². The molecule has 0 unspecified atom stereocenters. The maximum Gasteiger partial charge on any atom is 0.173 e. The van der Waals surface area contributed by atoms with E-state index >= 15 is 4.79 Å². The van der Waals surface area contributed by atoms with Crippen LogP contribution in [0.5, 0.6) is 23.0 Å². The number of anilines is 1. The van der Waals surface area contributed by atoms with E-state index in [4.69, 9.17) is 4.74 Å². The molecule has 6 aromatic rings. The van der Waals surface area contributed by atoms with E-state index < -0.39 is 47.6 Å². The summed E-state index contributed by atoms with van der Waals surface area (Å²) in [7, 11) is 1.49. The number of aryl methyl sites for hydroxylation is 1. The Hall–Kier alpha value is -7.64. The number of phenols is 3. The van der Waals surface area contributed by atoms with Crippen molar-refractivity contribution in [2.75, 3.05) is 38.7 Å². The Bertz CT molecular complexity index is 3720. The first kappa shape index (κ1) is 64.9. The van der Waals surface area contributed by atoms with Crippen LogP contribution in [0.3, 0.4) is 0 Å². The average Bonchev–Trinajstić information content (AvgIpc) is 1.55. The monoisotopic (exact) mass is 1230 g/mol. The van der Waals surface area contributed by atoms with Gasteiger partial charge in [-0.2, -0.15) is 0 Å². The number of aromatic nitrogens is 1. The minimum absolute atomic E-state index is 0.00765. The number of dihydropyridines is 1. The number of aliphatic hydroxyl groups is 4. The van der Waals surface area contributed by atoms with Gasteiger partial charge in [-0.1, -0.05) is 112 Å². The number of phenolic OH excluding ortho intramolecular Hbond substituents is 3. The van der Waals surface area contributed by atoms with Gasteiger partial charge in [-0.15, -0.1) is 0 Å². The minimum Gasteiger partial charge on any atom is -0.508 e. The van der Waals surface area contributed by atoms with Gasteiger partial charge in [0.15, 0.2) is 29.2 Å². The number of aromatic hydroxyl groups is 3. The summed E-state index contributed by atoms with van der Waals surface area (Å²) in [6.45, 7) is 7.88. The SMILES string of the molecule is CCC[C@H]1[C@@H]2C[C@H](C[C@H]3C#C[C@@H](c4ccccc4[C@@H]4C=C[C@@H](Cc5cccc(O)c5)[C@H](C)C4)c4cc(O)c(OC)cc4CCC(=O)[C@H](O)C(=O)[C@@H]3C2)[C@H](CCCO)C2=CCNC(=C2)Nc2ccc3ccc(c(O)c3c2)C[C@H](O)CNC[C@@H](C)c2c[nH]c(c2)C[C@H]1O. The fourth-order valence-electron chi connectivity index (χ4n) is 15.8. The Balaban J connectivity index is 1.05. The van der Waals surface area contributed by atoms with E-state index in [0.717, 1.165) is 69.7 Å². The van der Waals surface area contributed by atoms with Crippen LogP contribution in [-0.2, 0) is 35.3 Å². The molecule has 11 N–H and O–H groups in total. The molecule has 11 rings (SSSR count). The van der Waals surface area contributed by atoms with E-state index in [2.05, 4.69) is 108 Å². The number of β-amino-alcohol motifs (C(OH)–C–C–N with tert-alkyl or cyclic N) is 1. The van der Waals surface area contributed by atoms with Crippen LogP contribution in [0.2, 0.25) is 0 Å². The van der Waals surface area contributed by atoms with Crippen LogP contribution in [0, 0.1) is 59.2 Å². The Labute approximate surface area is 536 Å². The Morgan fingerprint density at radius 2 is 1.59 bits per heavy atom. The van der Waals surface area contributed by atoms with Gasteiger partial charge >= 0.3 is 0 Å². The lowest BCUT2D eigenvalue weighted by Gasteiger charge is -2.36. The zero-order chi connectivity index (χ0) is 63.9. The molecule has 14 nitrogen and oxygen atoms in total. The van der Waals surface area contributed by atoms with Gasteiger partial charge in [0.2, 0.25) is 0 Å². The number of Topliss-reactive ketones (excluding diaryl/α,β-unsaturated/α-hetero) is 2. The molecule has 91 heavy (non-hydrogen) atoms. The van der Waals surface area contributed by atoms with Crippen LogP contribution in [0.25, 0.3) is 10.8 Å². The molecule has 5 aliphatic rings. The second kappa shape index (κ2) is 29.3. The number of allylic oxidation sites excluding steroid dienone is 4. The average molecular weight is 1230 g/mol. The predicted molar refractivity (Wildman–Crippen MR) is 357 cm³/mol. The summed E-state index contributed by atoms with van der Waals surface area (Å²) in [5.41, 5.74) is 8.89. The van der Waals surface area contributed by atoms with E-state index in [0.29, 0.717) is 80.2 Å². The third-order valence-electron chi connectivity index (χ3n) is 20.7. The van der Waals surface area contributed by atoms with Crippen molar-refractivity contribution in [3.05, 3.63) is 184 Å². The summed E-state index contributed by atoms with van der Waals surface area (Å²) >= 11 is 0. The molecule has 14 heteroatoms. The molecule has 0 amide bonds. The van der Waals surface area contributed by atoms with E-state index in [-0.39, 0.29) is 103 Å². The quantitative estimate of drug-likeness (QED) is 0.0348. The lowest BCUT2D eigenvalue weighted by molar-refractivity contribution is -0.142. The normalized spacial score (nSPS) is 28.4. The number of hydrogen-bond donors (Lipinski definition) is 11. The number of carbonyl (C=O) groups is 2. The summed E-state index contributed by atoms with van der Waals surface area (Å²) in [6, 6.07) is 31.1. The van der Waals surface area contributed by atoms with Gasteiger partial charge in [-0.05, 0) is 198 Å². The number of methoxy groups -OCH3 is 1. The van der Waals surface area contributed by atoms with Crippen molar-refractivity contribution in [1.29, 1.82) is 0 Å². The summed E-state index contributed by atoms with van der Waals surface area (Å²) < 4.78 is 5.69. The molecule has 3 aliphatic carbocycles. The highest BCUT2D eigenvalue weighted by atomic mass is 16.5. The molecule has 9 bridgehead atoms. The van der Waals surface area contributed by atoms with Crippen molar-refractivity contribution in [2.24, 2.45) is 47.3 Å². The summed E-state index contributed by atoms with van der Waals surface area (Å²) in [5.74, 6) is 5.26. The van der Waals surface area contributed by atoms with E-state index in [1.165, 1.54) is 7.11 Å². The largest absolute Gasteiger partial charge is 0.508 e. The number of rotatable bonds is 10. The van der Waals surface area contributed by atoms with Crippen molar-refractivity contribution in [3.63, 3.8) is 0 Å². The molecule has 0 radical (unpaired) electrons. The van der Waals surface area contributed by atoms with E-state index in [9.17, 15) is 40.5 Å². The van der Waals surface area contributed by atoms with Crippen LogP contribution < -0.4 is 20.7 Å². The Morgan fingerprint density at radius 1 is 0.769 bits per heavy atom. The van der Waals surface area contributed by atoms with Crippen LogP contribution in [0.15, 0.2) is 139 Å². The lowest BCUT2D eigenvalue weighted by Crippen LogP contribution is -2.40. The first-order valence-electron chi connectivity index (χ1n) is 33.3.